The number of rotatable bonds is 7. The van der Waals surface area contributed by atoms with Crippen LogP contribution in [0.25, 0.3) is 11.1 Å². The predicted molar refractivity (Wildman–Crippen MR) is 102 cm³/mol. The molecule has 0 heterocycles. The first-order valence-corrected chi connectivity index (χ1v) is 9.95. The SMILES string of the molecule is CCCCC1CCC(COc2ccc(-c3ccc(F)cc3)c(F)c2F)CC1. The Kier molecular flexibility index (Phi) is 6.81. The van der Waals surface area contributed by atoms with Crippen molar-refractivity contribution in [2.75, 3.05) is 6.61 Å². The summed E-state index contributed by atoms with van der Waals surface area (Å²) < 4.78 is 47.5. The Balaban J connectivity index is 1.58. The van der Waals surface area contributed by atoms with Gasteiger partial charge >= 0.3 is 0 Å². The third kappa shape index (κ3) is 5.06. The van der Waals surface area contributed by atoms with E-state index in [0.29, 0.717) is 18.1 Å². The van der Waals surface area contributed by atoms with Crippen molar-refractivity contribution < 1.29 is 17.9 Å². The lowest BCUT2D eigenvalue weighted by Crippen LogP contribution is -2.20. The van der Waals surface area contributed by atoms with Gasteiger partial charge in [0.25, 0.3) is 0 Å². The topological polar surface area (TPSA) is 9.23 Å². The number of hydrogen-bond acceptors (Lipinski definition) is 1. The minimum atomic E-state index is -0.978. The minimum absolute atomic E-state index is 0.0496. The molecule has 0 bridgehead atoms. The van der Waals surface area contributed by atoms with E-state index in [2.05, 4.69) is 6.92 Å². The number of unbranched alkanes of at least 4 members (excludes halogenated alkanes) is 1. The zero-order valence-electron chi connectivity index (χ0n) is 15.8. The number of benzene rings is 2. The van der Waals surface area contributed by atoms with Crippen LogP contribution < -0.4 is 4.74 Å². The van der Waals surface area contributed by atoms with Gasteiger partial charge in [-0.3, -0.25) is 0 Å². The first kappa shape index (κ1) is 19.8. The normalized spacial score (nSPS) is 19.9. The van der Waals surface area contributed by atoms with Crippen LogP contribution in [0.3, 0.4) is 0 Å². The average Bonchev–Trinajstić information content (AvgIpc) is 2.69. The molecular formula is C23H27F3O. The number of hydrogen-bond donors (Lipinski definition) is 0. The maximum absolute atomic E-state index is 14.4. The molecule has 2 aromatic rings. The lowest BCUT2D eigenvalue weighted by Gasteiger charge is -2.28. The van der Waals surface area contributed by atoms with Crippen LogP contribution in [-0.2, 0) is 0 Å². The maximum Gasteiger partial charge on any atom is 0.201 e. The van der Waals surface area contributed by atoms with Crippen LogP contribution in [0.5, 0.6) is 5.75 Å². The van der Waals surface area contributed by atoms with Crippen LogP contribution >= 0.6 is 0 Å². The smallest absolute Gasteiger partial charge is 0.201 e. The molecule has 1 fully saturated rings. The molecule has 0 radical (unpaired) electrons. The second kappa shape index (κ2) is 9.29. The molecule has 0 atom stereocenters. The maximum atomic E-state index is 14.4. The monoisotopic (exact) mass is 376 g/mol. The molecule has 0 N–H and O–H groups in total. The van der Waals surface area contributed by atoms with Gasteiger partial charge in [-0.05, 0) is 54.5 Å². The van der Waals surface area contributed by atoms with E-state index < -0.39 is 17.5 Å². The summed E-state index contributed by atoms with van der Waals surface area (Å²) in [6, 6.07) is 8.28. The lowest BCUT2D eigenvalue weighted by atomic mass is 9.80. The van der Waals surface area contributed by atoms with E-state index in [1.54, 1.807) is 0 Å². The molecule has 0 unspecified atom stereocenters. The highest BCUT2D eigenvalue weighted by atomic mass is 19.2. The van der Waals surface area contributed by atoms with Crippen molar-refractivity contribution in [3.8, 4) is 16.9 Å². The van der Waals surface area contributed by atoms with Crippen molar-refractivity contribution in [1.29, 1.82) is 0 Å². The highest BCUT2D eigenvalue weighted by molar-refractivity contribution is 5.65. The Bertz CT molecular complexity index is 734. The van der Waals surface area contributed by atoms with Gasteiger partial charge in [0.1, 0.15) is 5.82 Å². The van der Waals surface area contributed by atoms with E-state index in [-0.39, 0.29) is 11.3 Å². The van der Waals surface area contributed by atoms with Crippen molar-refractivity contribution in [2.24, 2.45) is 11.8 Å². The summed E-state index contributed by atoms with van der Waals surface area (Å²) in [6.07, 6.45) is 8.41. The van der Waals surface area contributed by atoms with Gasteiger partial charge in [0.2, 0.25) is 5.82 Å². The Morgan fingerprint density at radius 3 is 2.19 bits per heavy atom. The molecular weight excluding hydrogens is 349 g/mol. The van der Waals surface area contributed by atoms with E-state index in [9.17, 15) is 13.2 Å². The van der Waals surface area contributed by atoms with E-state index in [4.69, 9.17) is 4.74 Å². The Morgan fingerprint density at radius 1 is 0.852 bits per heavy atom. The first-order chi connectivity index (χ1) is 13.1. The fourth-order valence-electron chi connectivity index (χ4n) is 3.88. The molecule has 146 valence electrons. The zero-order valence-corrected chi connectivity index (χ0v) is 15.8. The molecule has 0 amide bonds. The van der Waals surface area contributed by atoms with Crippen molar-refractivity contribution in [3.63, 3.8) is 0 Å². The largest absolute Gasteiger partial charge is 0.490 e. The quantitative estimate of drug-likeness (QED) is 0.499. The average molecular weight is 376 g/mol. The van der Waals surface area contributed by atoms with Crippen LogP contribution in [0.2, 0.25) is 0 Å². The molecule has 3 rings (SSSR count). The van der Waals surface area contributed by atoms with Crippen LogP contribution in [0.1, 0.15) is 51.9 Å². The van der Waals surface area contributed by atoms with Gasteiger partial charge in [-0.2, -0.15) is 4.39 Å². The van der Waals surface area contributed by atoms with E-state index >= 15 is 0 Å². The van der Waals surface area contributed by atoms with Crippen LogP contribution in [0.4, 0.5) is 13.2 Å². The molecule has 1 nitrogen and oxygen atoms in total. The molecule has 1 saturated carbocycles. The van der Waals surface area contributed by atoms with Crippen LogP contribution in [-0.4, -0.2) is 6.61 Å². The summed E-state index contributed by atoms with van der Waals surface area (Å²) >= 11 is 0. The lowest BCUT2D eigenvalue weighted by molar-refractivity contribution is 0.173. The molecule has 2 aromatic carbocycles. The second-order valence-corrected chi connectivity index (χ2v) is 7.59. The first-order valence-electron chi connectivity index (χ1n) is 9.95. The standard InChI is InChI=1S/C23H27F3O/c1-2-3-4-16-5-7-17(8-6-16)15-27-21-14-13-20(22(25)23(21)26)18-9-11-19(24)12-10-18/h9-14,16-17H,2-8,15H2,1H3. The molecule has 0 aromatic heterocycles. The molecule has 1 aliphatic rings. The molecule has 4 heteroatoms. The second-order valence-electron chi connectivity index (χ2n) is 7.59. The summed E-state index contributed by atoms with van der Waals surface area (Å²) in [5.41, 5.74) is 0.543. The van der Waals surface area contributed by atoms with Gasteiger partial charge in [0.05, 0.1) is 6.61 Å². The highest BCUT2D eigenvalue weighted by Crippen LogP contribution is 2.34. The fourth-order valence-corrected chi connectivity index (χ4v) is 3.88. The third-order valence-electron chi connectivity index (χ3n) is 5.61. The Labute approximate surface area is 159 Å². The van der Waals surface area contributed by atoms with Crippen molar-refractivity contribution in [1.82, 2.24) is 0 Å². The van der Waals surface area contributed by atoms with Gasteiger partial charge < -0.3 is 4.74 Å². The van der Waals surface area contributed by atoms with Gasteiger partial charge in [0, 0.05) is 5.56 Å². The summed E-state index contributed by atoms with van der Waals surface area (Å²) in [4.78, 5) is 0. The Morgan fingerprint density at radius 2 is 1.52 bits per heavy atom. The van der Waals surface area contributed by atoms with Gasteiger partial charge in [0.15, 0.2) is 11.6 Å². The summed E-state index contributed by atoms with van der Waals surface area (Å²) in [5.74, 6) is -1.18. The van der Waals surface area contributed by atoms with Crippen molar-refractivity contribution >= 4 is 0 Å². The molecule has 27 heavy (non-hydrogen) atoms. The Hall–Kier alpha value is -1.97. The summed E-state index contributed by atoms with van der Waals surface area (Å²) in [5, 5.41) is 0. The third-order valence-corrected chi connectivity index (χ3v) is 5.61. The zero-order chi connectivity index (χ0) is 19.2. The van der Waals surface area contributed by atoms with Crippen molar-refractivity contribution in [3.05, 3.63) is 53.8 Å². The van der Waals surface area contributed by atoms with Gasteiger partial charge in [-0.25, -0.2) is 8.78 Å². The van der Waals surface area contributed by atoms with Crippen LogP contribution in [0, 0.1) is 29.3 Å². The van der Waals surface area contributed by atoms with E-state index in [1.807, 2.05) is 0 Å². The highest BCUT2D eigenvalue weighted by Gasteiger charge is 2.22. The molecule has 1 aliphatic carbocycles. The fraction of sp³-hybridized carbons (Fsp3) is 0.478. The molecule has 0 spiro atoms. The predicted octanol–water partition coefficient (Wildman–Crippen LogP) is 7.15. The molecule has 0 aliphatic heterocycles. The van der Waals surface area contributed by atoms with Gasteiger partial charge in [-0.1, -0.05) is 51.2 Å². The number of ether oxygens (including phenoxy) is 1. The minimum Gasteiger partial charge on any atom is -0.490 e. The molecule has 0 saturated heterocycles. The van der Waals surface area contributed by atoms with E-state index in [1.165, 1.54) is 68.5 Å². The summed E-state index contributed by atoms with van der Waals surface area (Å²) in [7, 11) is 0. The van der Waals surface area contributed by atoms with E-state index in [0.717, 1.165) is 18.8 Å². The van der Waals surface area contributed by atoms with Crippen molar-refractivity contribution in [2.45, 2.75) is 51.9 Å². The number of halogens is 3. The van der Waals surface area contributed by atoms with Crippen LogP contribution in [0.15, 0.2) is 36.4 Å². The van der Waals surface area contributed by atoms with Gasteiger partial charge in [-0.15, -0.1) is 0 Å². The summed E-state index contributed by atoms with van der Waals surface area (Å²) in [6.45, 7) is 2.64.